The van der Waals surface area contributed by atoms with Crippen molar-refractivity contribution in [2.24, 2.45) is 0 Å². The number of anilines is 1. The van der Waals surface area contributed by atoms with Gasteiger partial charge in [0.25, 0.3) is 0 Å². The summed E-state index contributed by atoms with van der Waals surface area (Å²) in [5, 5.41) is 9.20. The van der Waals surface area contributed by atoms with Gasteiger partial charge in [0.15, 0.2) is 5.82 Å². The van der Waals surface area contributed by atoms with Gasteiger partial charge >= 0.3 is 0 Å². The van der Waals surface area contributed by atoms with Crippen LogP contribution in [0.3, 0.4) is 0 Å². The molecule has 0 unspecified atom stereocenters. The van der Waals surface area contributed by atoms with Gasteiger partial charge in [-0.2, -0.15) is 5.10 Å². The third kappa shape index (κ3) is 2.06. The SMILES string of the molecule is COc1cc(-c2[nH]nc(N)c2-c2cccs2)ccc1C. The lowest BCUT2D eigenvalue weighted by Crippen LogP contribution is -1.89. The highest BCUT2D eigenvalue weighted by Crippen LogP contribution is 2.38. The predicted octanol–water partition coefficient (Wildman–Crippen LogP) is 3.70. The van der Waals surface area contributed by atoms with E-state index in [1.165, 1.54) is 0 Å². The van der Waals surface area contributed by atoms with Gasteiger partial charge in [-0.15, -0.1) is 11.3 Å². The molecule has 4 nitrogen and oxygen atoms in total. The van der Waals surface area contributed by atoms with Crippen LogP contribution < -0.4 is 10.5 Å². The van der Waals surface area contributed by atoms with Crippen molar-refractivity contribution in [1.82, 2.24) is 10.2 Å². The third-order valence-corrected chi connectivity index (χ3v) is 4.15. The highest BCUT2D eigenvalue weighted by atomic mass is 32.1. The van der Waals surface area contributed by atoms with E-state index in [-0.39, 0.29) is 0 Å². The average Bonchev–Trinajstić information content (AvgIpc) is 3.08. The quantitative estimate of drug-likeness (QED) is 0.771. The number of aromatic amines is 1. The Morgan fingerprint density at radius 2 is 2.15 bits per heavy atom. The van der Waals surface area contributed by atoms with E-state index < -0.39 is 0 Å². The van der Waals surface area contributed by atoms with Crippen LogP contribution in [-0.4, -0.2) is 17.3 Å². The minimum Gasteiger partial charge on any atom is -0.496 e. The number of benzene rings is 1. The predicted molar refractivity (Wildman–Crippen MR) is 83.0 cm³/mol. The summed E-state index contributed by atoms with van der Waals surface area (Å²) in [5.41, 5.74) is 9.99. The van der Waals surface area contributed by atoms with Crippen LogP contribution in [0.1, 0.15) is 5.56 Å². The number of nitrogen functional groups attached to an aromatic ring is 1. The summed E-state index contributed by atoms with van der Waals surface area (Å²) in [6.07, 6.45) is 0. The number of rotatable bonds is 3. The minimum atomic E-state index is 0.516. The molecule has 0 saturated heterocycles. The van der Waals surface area contributed by atoms with Crippen molar-refractivity contribution >= 4 is 17.2 Å². The molecule has 0 bridgehead atoms. The molecule has 0 atom stereocenters. The maximum Gasteiger partial charge on any atom is 0.154 e. The normalized spacial score (nSPS) is 10.7. The van der Waals surface area contributed by atoms with Crippen molar-refractivity contribution in [3.8, 4) is 27.4 Å². The zero-order valence-electron chi connectivity index (χ0n) is 11.3. The first-order chi connectivity index (χ1) is 9.70. The minimum absolute atomic E-state index is 0.516. The Balaban J connectivity index is 2.16. The second-order valence-corrected chi connectivity index (χ2v) is 5.47. The van der Waals surface area contributed by atoms with Crippen LogP contribution in [0.4, 0.5) is 5.82 Å². The Hall–Kier alpha value is -2.27. The fourth-order valence-electron chi connectivity index (χ4n) is 2.21. The highest BCUT2D eigenvalue weighted by Gasteiger charge is 2.16. The maximum absolute atomic E-state index is 6.00. The molecular formula is C15H15N3OS. The standard InChI is InChI=1S/C15H15N3OS/c1-9-5-6-10(8-11(9)19-2)14-13(15(16)18-17-14)12-4-3-7-20-12/h3-8H,1-2H3,(H3,16,17,18). The lowest BCUT2D eigenvalue weighted by atomic mass is 10.0. The Morgan fingerprint density at radius 1 is 1.30 bits per heavy atom. The Bertz CT molecular complexity index is 732. The van der Waals surface area contributed by atoms with E-state index in [4.69, 9.17) is 10.5 Å². The molecule has 1 aromatic carbocycles. The molecule has 5 heteroatoms. The number of nitrogens with one attached hydrogen (secondary N) is 1. The van der Waals surface area contributed by atoms with Gasteiger partial charge < -0.3 is 10.5 Å². The number of nitrogens with zero attached hydrogens (tertiary/aromatic N) is 1. The molecule has 0 radical (unpaired) electrons. The van der Waals surface area contributed by atoms with E-state index in [1.807, 2.05) is 42.6 Å². The molecule has 0 saturated carbocycles. The number of hydrogen-bond acceptors (Lipinski definition) is 4. The Morgan fingerprint density at radius 3 is 2.85 bits per heavy atom. The average molecular weight is 285 g/mol. The van der Waals surface area contributed by atoms with Gasteiger partial charge in [-0.05, 0) is 30.0 Å². The van der Waals surface area contributed by atoms with E-state index in [9.17, 15) is 0 Å². The van der Waals surface area contributed by atoms with Crippen molar-refractivity contribution in [3.63, 3.8) is 0 Å². The van der Waals surface area contributed by atoms with E-state index in [1.54, 1.807) is 18.4 Å². The van der Waals surface area contributed by atoms with Gasteiger partial charge in [0.05, 0.1) is 18.4 Å². The van der Waals surface area contributed by atoms with Gasteiger partial charge in [0.2, 0.25) is 0 Å². The molecule has 102 valence electrons. The number of thiophene rings is 1. The summed E-state index contributed by atoms with van der Waals surface area (Å²) in [4.78, 5) is 1.10. The van der Waals surface area contributed by atoms with Crippen LogP contribution in [0.5, 0.6) is 5.75 Å². The molecule has 0 fully saturated rings. The number of hydrogen-bond donors (Lipinski definition) is 2. The van der Waals surface area contributed by atoms with Crippen LogP contribution in [-0.2, 0) is 0 Å². The number of methoxy groups -OCH3 is 1. The van der Waals surface area contributed by atoms with Crippen LogP contribution >= 0.6 is 11.3 Å². The molecule has 0 spiro atoms. The van der Waals surface area contributed by atoms with Crippen LogP contribution in [0.15, 0.2) is 35.7 Å². The second kappa shape index (κ2) is 5.02. The summed E-state index contributed by atoms with van der Waals surface area (Å²) in [6, 6.07) is 10.1. The maximum atomic E-state index is 6.00. The zero-order valence-corrected chi connectivity index (χ0v) is 12.1. The van der Waals surface area contributed by atoms with Gasteiger partial charge in [-0.1, -0.05) is 18.2 Å². The lowest BCUT2D eigenvalue weighted by molar-refractivity contribution is 0.412. The lowest BCUT2D eigenvalue weighted by Gasteiger charge is -2.08. The molecule has 0 aliphatic carbocycles. The number of ether oxygens (including phenoxy) is 1. The van der Waals surface area contributed by atoms with Crippen molar-refractivity contribution in [2.75, 3.05) is 12.8 Å². The molecule has 20 heavy (non-hydrogen) atoms. The summed E-state index contributed by atoms with van der Waals surface area (Å²) >= 11 is 1.65. The van der Waals surface area contributed by atoms with Gasteiger partial charge in [-0.25, -0.2) is 0 Å². The highest BCUT2D eigenvalue weighted by molar-refractivity contribution is 7.13. The first-order valence-corrected chi connectivity index (χ1v) is 7.11. The second-order valence-electron chi connectivity index (χ2n) is 4.52. The molecule has 0 aliphatic heterocycles. The number of aryl methyl sites for hydroxylation is 1. The smallest absolute Gasteiger partial charge is 0.154 e. The van der Waals surface area contributed by atoms with Crippen LogP contribution in [0, 0.1) is 6.92 Å². The van der Waals surface area contributed by atoms with Gasteiger partial charge in [0, 0.05) is 10.4 Å². The van der Waals surface area contributed by atoms with Crippen LogP contribution in [0.2, 0.25) is 0 Å². The number of aromatic nitrogens is 2. The third-order valence-electron chi connectivity index (χ3n) is 3.26. The number of nitrogens with two attached hydrogens (primary N) is 1. The van der Waals surface area contributed by atoms with Crippen molar-refractivity contribution in [1.29, 1.82) is 0 Å². The monoisotopic (exact) mass is 285 g/mol. The molecule has 0 amide bonds. The van der Waals surface area contributed by atoms with E-state index in [0.29, 0.717) is 5.82 Å². The molecule has 2 heterocycles. The van der Waals surface area contributed by atoms with E-state index in [0.717, 1.165) is 33.0 Å². The van der Waals surface area contributed by atoms with Crippen molar-refractivity contribution < 1.29 is 4.74 Å². The van der Waals surface area contributed by atoms with E-state index >= 15 is 0 Å². The molecule has 0 aliphatic rings. The number of H-pyrrole nitrogens is 1. The fraction of sp³-hybridized carbons (Fsp3) is 0.133. The topological polar surface area (TPSA) is 63.9 Å². The fourth-order valence-corrected chi connectivity index (χ4v) is 3.00. The molecule has 3 N–H and O–H groups in total. The molecule has 3 rings (SSSR count). The Labute approximate surface area is 121 Å². The summed E-state index contributed by atoms with van der Waals surface area (Å²) in [6.45, 7) is 2.02. The summed E-state index contributed by atoms with van der Waals surface area (Å²) in [5.74, 6) is 1.37. The van der Waals surface area contributed by atoms with Gasteiger partial charge in [0.1, 0.15) is 5.75 Å². The largest absolute Gasteiger partial charge is 0.496 e. The van der Waals surface area contributed by atoms with Crippen LogP contribution in [0.25, 0.3) is 21.7 Å². The molecule has 2 aromatic heterocycles. The Kier molecular flexibility index (Phi) is 3.20. The first-order valence-electron chi connectivity index (χ1n) is 6.23. The van der Waals surface area contributed by atoms with E-state index in [2.05, 4.69) is 10.2 Å². The first kappa shape index (κ1) is 12.7. The van der Waals surface area contributed by atoms with Crippen molar-refractivity contribution in [3.05, 3.63) is 41.3 Å². The summed E-state index contributed by atoms with van der Waals surface area (Å²) in [7, 11) is 1.67. The molecular weight excluding hydrogens is 270 g/mol. The summed E-state index contributed by atoms with van der Waals surface area (Å²) < 4.78 is 5.38. The van der Waals surface area contributed by atoms with Gasteiger partial charge in [-0.3, -0.25) is 5.10 Å². The molecule has 3 aromatic rings. The van der Waals surface area contributed by atoms with Crippen molar-refractivity contribution in [2.45, 2.75) is 6.92 Å². The zero-order chi connectivity index (χ0) is 14.1.